The van der Waals surface area contributed by atoms with E-state index in [0.29, 0.717) is 0 Å². The van der Waals surface area contributed by atoms with Crippen LogP contribution >= 0.6 is 0 Å². The van der Waals surface area contributed by atoms with Gasteiger partial charge in [-0.1, -0.05) is 6.92 Å². The van der Waals surface area contributed by atoms with Gasteiger partial charge >= 0.3 is 0 Å². The summed E-state index contributed by atoms with van der Waals surface area (Å²) < 4.78 is 3.34. The SMILES string of the molecule is CCC(N)C(c1cnn(C)c1)n1cnc(C#N)n1. The Hall–Kier alpha value is -2.20. The van der Waals surface area contributed by atoms with Crippen molar-refractivity contribution in [3.63, 3.8) is 0 Å². The van der Waals surface area contributed by atoms with Gasteiger partial charge in [-0.2, -0.15) is 10.4 Å². The fourth-order valence-electron chi connectivity index (χ4n) is 1.87. The molecule has 2 atom stereocenters. The summed E-state index contributed by atoms with van der Waals surface area (Å²) >= 11 is 0. The predicted molar refractivity (Wildman–Crippen MR) is 64.4 cm³/mol. The second-order valence-corrected chi connectivity index (χ2v) is 4.12. The van der Waals surface area contributed by atoms with Gasteiger partial charge in [0.2, 0.25) is 0 Å². The minimum absolute atomic E-state index is 0.109. The number of hydrogen-bond donors (Lipinski definition) is 1. The van der Waals surface area contributed by atoms with Crippen molar-refractivity contribution in [2.24, 2.45) is 12.8 Å². The molecule has 2 aromatic heterocycles. The van der Waals surface area contributed by atoms with E-state index in [9.17, 15) is 0 Å². The van der Waals surface area contributed by atoms with Crippen LogP contribution < -0.4 is 5.73 Å². The summed E-state index contributed by atoms with van der Waals surface area (Å²) in [6.45, 7) is 2.01. The zero-order valence-corrected chi connectivity index (χ0v) is 10.4. The van der Waals surface area contributed by atoms with Gasteiger partial charge in [-0.3, -0.25) is 4.68 Å². The van der Waals surface area contributed by atoms with Crippen molar-refractivity contribution in [1.82, 2.24) is 24.5 Å². The number of aromatic nitrogens is 5. The Morgan fingerprint density at radius 1 is 1.56 bits per heavy atom. The summed E-state index contributed by atoms with van der Waals surface area (Å²) in [4.78, 5) is 3.91. The standard InChI is InChI=1S/C11H15N7/c1-3-9(13)11(8-5-15-17(2)6-8)18-7-14-10(4-12)16-18/h5-7,9,11H,3,13H2,1-2H3. The van der Waals surface area contributed by atoms with Crippen LogP contribution in [0.3, 0.4) is 0 Å². The third kappa shape index (κ3) is 2.24. The summed E-state index contributed by atoms with van der Waals surface area (Å²) in [5, 5.41) is 17.0. The summed E-state index contributed by atoms with van der Waals surface area (Å²) in [6, 6.07) is 1.65. The lowest BCUT2D eigenvalue weighted by molar-refractivity contribution is 0.422. The van der Waals surface area contributed by atoms with Gasteiger partial charge in [0.25, 0.3) is 5.82 Å². The zero-order valence-electron chi connectivity index (χ0n) is 10.4. The van der Waals surface area contributed by atoms with Gasteiger partial charge in [0.15, 0.2) is 0 Å². The first-order chi connectivity index (χ1) is 8.65. The summed E-state index contributed by atoms with van der Waals surface area (Å²) in [7, 11) is 1.85. The minimum atomic E-state index is -0.154. The lowest BCUT2D eigenvalue weighted by Crippen LogP contribution is -2.32. The van der Waals surface area contributed by atoms with Crippen LogP contribution in [-0.4, -0.2) is 30.6 Å². The molecule has 0 aliphatic rings. The quantitative estimate of drug-likeness (QED) is 0.830. The van der Waals surface area contributed by atoms with E-state index in [4.69, 9.17) is 11.0 Å². The van der Waals surface area contributed by atoms with Crippen LogP contribution in [-0.2, 0) is 7.05 Å². The van der Waals surface area contributed by atoms with E-state index in [1.54, 1.807) is 15.6 Å². The van der Waals surface area contributed by atoms with Crippen LogP contribution in [0, 0.1) is 11.3 Å². The maximum absolute atomic E-state index is 8.77. The van der Waals surface area contributed by atoms with E-state index < -0.39 is 0 Å². The van der Waals surface area contributed by atoms with Crippen molar-refractivity contribution in [3.05, 3.63) is 30.1 Å². The van der Waals surface area contributed by atoms with Gasteiger partial charge < -0.3 is 5.73 Å². The van der Waals surface area contributed by atoms with Gasteiger partial charge in [0.05, 0.1) is 12.2 Å². The summed E-state index contributed by atoms with van der Waals surface area (Å²) in [6.07, 6.45) is 5.98. The summed E-state index contributed by atoms with van der Waals surface area (Å²) in [5.74, 6) is 0.146. The van der Waals surface area contributed by atoms with Crippen molar-refractivity contribution in [3.8, 4) is 6.07 Å². The van der Waals surface area contributed by atoms with Crippen LogP contribution in [0.15, 0.2) is 18.7 Å². The van der Waals surface area contributed by atoms with Gasteiger partial charge in [0.1, 0.15) is 12.4 Å². The van der Waals surface area contributed by atoms with Gasteiger partial charge in [-0.15, -0.1) is 5.10 Å². The van der Waals surface area contributed by atoms with E-state index in [1.165, 1.54) is 6.33 Å². The number of rotatable bonds is 4. The molecule has 2 aromatic rings. The highest BCUT2D eigenvalue weighted by Gasteiger charge is 2.23. The van der Waals surface area contributed by atoms with E-state index in [0.717, 1.165) is 12.0 Å². The lowest BCUT2D eigenvalue weighted by Gasteiger charge is -2.21. The molecule has 0 aromatic carbocycles. The highest BCUT2D eigenvalue weighted by molar-refractivity contribution is 5.15. The average Bonchev–Trinajstić information content (AvgIpc) is 2.99. The molecule has 7 heteroatoms. The minimum Gasteiger partial charge on any atom is -0.326 e. The van der Waals surface area contributed by atoms with E-state index >= 15 is 0 Å². The van der Waals surface area contributed by atoms with Gasteiger partial charge in [-0.05, 0) is 6.42 Å². The Morgan fingerprint density at radius 3 is 2.83 bits per heavy atom. The van der Waals surface area contributed by atoms with Crippen molar-refractivity contribution in [2.75, 3.05) is 0 Å². The van der Waals surface area contributed by atoms with Gasteiger partial charge in [-0.25, -0.2) is 9.67 Å². The van der Waals surface area contributed by atoms with Crippen LogP contribution in [0.25, 0.3) is 0 Å². The second-order valence-electron chi connectivity index (χ2n) is 4.12. The third-order valence-corrected chi connectivity index (χ3v) is 2.84. The van der Waals surface area contributed by atoms with Crippen LogP contribution in [0.2, 0.25) is 0 Å². The number of hydrogen-bond acceptors (Lipinski definition) is 5. The highest BCUT2D eigenvalue weighted by atomic mass is 15.4. The Balaban J connectivity index is 2.40. The first kappa shape index (κ1) is 12.3. The second kappa shape index (κ2) is 4.98. The highest BCUT2D eigenvalue weighted by Crippen LogP contribution is 2.21. The Bertz CT molecular complexity index is 562. The molecule has 0 bridgehead atoms. The lowest BCUT2D eigenvalue weighted by atomic mass is 10.0. The zero-order chi connectivity index (χ0) is 13.1. The summed E-state index contributed by atoms with van der Waals surface area (Å²) in [5.41, 5.74) is 7.09. The molecule has 18 heavy (non-hydrogen) atoms. The number of nitrogens with two attached hydrogens (primary N) is 1. The molecule has 0 saturated carbocycles. The Morgan fingerprint density at radius 2 is 2.33 bits per heavy atom. The predicted octanol–water partition coefficient (Wildman–Crippen LogP) is 0.210. The van der Waals surface area contributed by atoms with Crippen molar-refractivity contribution in [2.45, 2.75) is 25.4 Å². The Kier molecular flexibility index (Phi) is 3.39. The van der Waals surface area contributed by atoms with E-state index in [2.05, 4.69) is 15.2 Å². The molecule has 94 valence electrons. The molecular weight excluding hydrogens is 230 g/mol. The van der Waals surface area contributed by atoms with Crippen LogP contribution in [0.5, 0.6) is 0 Å². The first-order valence-electron chi connectivity index (χ1n) is 5.71. The van der Waals surface area contributed by atoms with E-state index in [-0.39, 0.29) is 17.9 Å². The monoisotopic (exact) mass is 245 g/mol. The maximum atomic E-state index is 8.77. The molecule has 0 fully saturated rings. The van der Waals surface area contributed by atoms with Gasteiger partial charge in [0, 0.05) is 24.8 Å². The average molecular weight is 245 g/mol. The molecule has 0 aliphatic heterocycles. The number of nitriles is 1. The van der Waals surface area contributed by atoms with Crippen molar-refractivity contribution < 1.29 is 0 Å². The van der Waals surface area contributed by atoms with Crippen molar-refractivity contribution >= 4 is 0 Å². The fraction of sp³-hybridized carbons (Fsp3) is 0.455. The molecule has 0 aliphatic carbocycles. The molecule has 0 saturated heterocycles. The van der Waals surface area contributed by atoms with E-state index in [1.807, 2.05) is 26.2 Å². The molecule has 0 amide bonds. The van der Waals surface area contributed by atoms with Crippen LogP contribution in [0.1, 0.15) is 30.8 Å². The molecule has 2 N–H and O–H groups in total. The maximum Gasteiger partial charge on any atom is 0.252 e. The first-order valence-corrected chi connectivity index (χ1v) is 5.71. The molecular formula is C11H15N7. The third-order valence-electron chi connectivity index (χ3n) is 2.84. The number of aryl methyl sites for hydroxylation is 1. The smallest absolute Gasteiger partial charge is 0.252 e. The molecule has 0 spiro atoms. The topological polar surface area (TPSA) is 98.3 Å². The largest absolute Gasteiger partial charge is 0.326 e. The normalized spacial score (nSPS) is 14.1. The molecule has 2 unspecified atom stereocenters. The fourth-order valence-corrected chi connectivity index (χ4v) is 1.87. The molecule has 2 rings (SSSR count). The molecule has 2 heterocycles. The van der Waals surface area contributed by atoms with Crippen molar-refractivity contribution in [1.29, 1.82) is 5.26 Å². The van der Waals surface area contributed by atoms with Crippen LogP contribution in [0.4, 0.5) is 0 Å². The number of nitrogens with zero attached hydrogens (tertiary/aromatic N) is 6. The Labute approximate surface area is 105 Å². The molecule has 7 nitrogen and oxygen atoms in total. The molecule has 0 radical (unpaired) electrons.